The van der Waals surface area contributed by atoms with E-state index in [-0.39, 0.29) is 12.6 Å². The van der Waals surface area contributed by atoms with Crippen LogP contribution in [-0.4, -0.2) is 32.4 Å². The third kappa shape index (κ3) is 1.90. The molecule has 6 heteroatoms. The SMILES string of the molecule is C[C@H]1CCN(C(=O)O)S(=O)O1. The third-order valence-electron chi connectivity index (χ3n) is 1.38. The molecule has 1 N–H and O–H groups in total. The van der Waals surface area contributed by atoms with Crippen LogP contribution in [0, 0.1) is 0 Å². The van der Waals surface area contributed by atoms with Crippen molar-refractivity contribution in [1.82, 2.24) is 4.31 Å². The molecular weight excluding hydrogens is 170 g/mol. The van der Waals surface area contributed by atoms with E-state index in [0.29, 0.717) is 6.42 Å². The molecule has 5 nitrogen and oxygen atoms in total. The molecule has 1 rings (SSSR count). The lowest BCUT2D eigenvalue weighted by molar-refractivity contribution is 0.138. The number of carboxylic acid groups (broad SMARTS) is 1. The summed E-state index contributed by atoms with van der Waals surface area (Å²) in [5.41, 5.74) is 0. The Bertz CT molecular complexity index is 195. The zero-order valence-corrected chi connectivity index (χ0v) is 6.84. The molecule has 0 aliphatic carbocycles. The normalized spacial score (nSPS) is 31.9. The minimum atomic E-state index is -1.80. The molecule has 0 saturated carbocycles. The number of nitrogens with zero attached hydrogens (tertiary/aromatic N) is 1. The molecule has 1 aliphatic heterocycles. The van der Waals surface area contributed by atoms with Gasteiger partial charge < -0.3 is 5.11 Å². The topological polar surface area (TPSA) is 66.8 Å². The lowest BCUT2D eigenvalue weighted by Gasteiger charge is -2.25. The van der Waals surface area contributed by atoms with Gasteiger partial charge in [0.25, 0.3) is 11.3 Å². The van der Waals surface area contributed by atoms with E-state index in [1.807, 2.05) is 0 Å². The number of carbonyl (C=O) groups is 1. The van der Waals surface area contributed by atoms with E-state index in [0.717, 1.165) is 4.31 Å². The molecule has 11 heavy (non-hydrogen) atoms. The summed E-state index contributed by atoms with van der Waals surface area (Å²) >= 11 is -1.80. The molecular formula is C5H9NO4S. The van der Waals surface area contributed by atoms with E-state index in [4.69, 9.17) is 9.29 Å². The maximum atomic E-state index is 10.9. The Labute approximate surface area is 66.7 Å². The Hall–Kier alpha value is -0.620. The lowest BCUT2D eigenvalue weighted by atomic mass is 10.3. The second kappa shape index (κ2) is 3.19. The maximum Gasteiger partial charge on any atom is 0.421 e. The van der Waals surface area contributed by atoms with Gasteiger partial charge in [0.15, 0.2) is 0 Å². The van der Waals surface area contributed by atoms with E-state index >= 15 is 0 Å². The quantitative estimate of drug-likeness (QED) is 0.582. The fourth-order valence-electron chi connectivity index (χ4n) is 0.774. The van der Waals surface area contributed by atoms with Crippen molar-refractivity contribution in [2.45, 2.75) is 19.4 Å². The predicted octanol–water partition coefficient (Wildman–Crippen LogP) is 0.354. The smallest absolute Gasteiger partial charge is 0.421 e. The average Bonchev–Trinajstić information content (AvgIpc) is 1.85. The minimum Gasteiger partial charge on any atom is -0.464 e. The Morgan fingerprint density at radius 3 is 2.91 bits per heavy atom. The lowest BCUT2D eigenvalue weighted by Crippen LogP contribution is -2.40. The third-order valence-corrected chi connectivity index (χ3v) is 2.57. The van der Waals surface area contributed by atoms with Gasteiger partial charge in [0.1, 0.15) is 0 Å². The molecule has 0 aromatic rings. The predicted molar refractivity (Wildman–Crippen MR) is 38.0 cm³/mol. The van der Waals surface area contributed by atoms with E-state index in [1.165, 1.54) is 0 Å². The second-order valence-corrected chi connectivity index (χ2v) is 3.36. The van der Waals surface area contributed by atoms with Crippen molar-refractivity contribution in [1.29, 1.82) is 0 Å². The first kappa shape index (κ1) is 8.48. The number of rotatable bonds is 0. The number of hydrogen-bond acceptors (Lipinski definition) is 3. The first-order valence-corrected chi connectivity index (χ1v) is 4.24. The molecule has 1 saturated heterocycles. The molecule has 2 atom stereocenters. The molecule has 1 fully saturated rings. The monoisotopic (exact) mass is 179 g/mol. The highest BCUT2D eigenvalue weighted by atomic mass is 32.2. The fraction of sp³-hybridized carbons (Fsp3) is 0.800. The van der Waals surface area contributed by atoms with Gasteiger partial charge in [0.2, 0.25) is 0 Å². The second-order valence-electron chi connectivity index (χ2n) is 2.30. The van der Waals surface area contributed by atoms with Crippen LogP contribution >= 0.6 is 0 Å². The molecule has 1 amide bonds. The van der Waals surface area contributed by atoms with Crippen molar-refractivity contribution >= 4 is 17.4 Å². The molecule has 64 valence electrons. The summed E-state index contributed by atoms with van der Waals surface area (Å²) in [6.07, 6.45) is -0.723. The van der Waals surface area contributed by atoms with E-state index in [2.05, 4.69) is 0 Å². The van der Waals surface area contributed by atoms with Crippen molar-refractivity contribution in [2.75, 3.05) is 6.54 Å². The Kier molecular flexibility index (Phi) is 2.45. The standard InChI is InChI=1S/C5H9NO4S/c1-4-2-3-6(5(7)8)11(9)10-4/h4H,2-3H2,1H3,(H,7,8)/t4-,11?/m0/s1. The molecule has 0 spiro atoms. The highest BCUT2D eigenvalue weighted by Gasteiger charge is 2.27. The van der Waals surface area contributed by atoms with Crippen molar-refractivity contribution in [3.05, 3.63) is 0 Å². The molecule has 1 unspecified atom stereocenters. The number of amides is 1. The molecule has 0 radical (unpaired) electrons. The zero-order chi connectivity index (χ0) is 8.43. The summed E-state index contributed by atoms with van der Waals surface area (Å²) in [7, 11) is 0. The van der Waals surface area contributed by atoms with Gasteiger partial charge in [-0.25, -0.2) is 13.3 Å². The van der Waals surface area contributed by atoms with Crippen LogP contribution in [0.25, 0.3) is 0 Å². The largest absolute Gasteiger partial charge is 0.464 e. The first-order valence-electron chi connectivity index (χ1n) is 3.20. The van der Waals surface area contributed by atoms with Crippen LogP contribution in [-0.2, 0) is 15.4 Å². The molecule has 0 aromatic carbocycles. The van der Waals surface area contributed by atoms with Crippen molar-refractivity contribution in [3.63, 3.8) is 0 Å². The molecule has 0 bridgehead atoms. The Balaban J connectivity index is 2.58. The summed E-state index contributed by atoms with van der Waals surface area (Å²) in [4.78, 5) is 10.3. The average molecular weight is 179 g/mol. The van der Waals surface area contributed by atoms with E-state index in [1.54, 1.807) is 6.92 Å². The van der Waals surface area contributed by atoms with E-state index in [9.17, 15) is 9.00 Å². The molecule has 1 aliphatic rings. The summed E-state index contributed by atoms with van der Waals surface area (Å²) in [6, 6.07) is 0. The highest BCUT2D eigenvalue weighted by molar-refractivity contribution is 7.78. The highest BCUT2D eigenvalue weighted by Crippen LogP contribution is 2.13. The van der Waals surface area contributed by atoms with Crippen LogP contribution in [0.15, 0.2) is 0 Å². The van der Waals surface area contributed by atoms with Gasteiger partial charge in [-0.1, -0.05) is 0 Å². The van der Waals surface area contributed by atoms with E-state index < -0.39 is 17.4 Å². The van der Waals surface area contributed by atoms with Crippen LogP contribution < -0.4 is 0 Å². The maximum absolute atomic E-state index is 10.9. The number of hydrogen-bond donors (Lipinski definition) is 1. The van der Waals surface area contributed by atoms with Crippen LogP contribution in [0.2, 0.25) is 0 Å². The van der Waals surface area contributed by atoms with Crippen molar-refractivity contribution < 1.29 is 18.3 Å². The van der Waals surface area contributed by atoms with Gasteiger partial charge in [-0.15, -0.1) is 0 Å². The minimum absolute atomic E-state index is 0.119. The fourth-order valence-corrected chi connectivity index (χ4v) is 1.64. The van der Waals surface area contributed by atoms with Gasteiger partial charge in [0.05, 0.1) is 6.10 Å². The van der Waals surface area contributed by atoms with Gasteiger partial charge in [-0.2, -0.15) is 0 Å². The van der Waals surface area contributed by atoms with Gasteiger partial charge in [0, 0.05) is 6.54 Å². The summed E-state index contributed by atoms with van der Waals surface area (Å²) in [6.45, 7) is 2.04. The zero-order valence-electron chi connectivity index (χ0n) is 6.02. The van der Waals surface area contributed by atoms with Crippen LogP contribution in [0.5, 0.6) is 0 Å². The Morgan fingerprint density at radius 1 is 1.82 bits per heavy atom. The Morgan fingerprint density at radius 2 is 2.45 bits per heavy atom. The van der Waals surface area contributed by atoms with Gasteiger partial charge in [-0.3, -0.25) is 4.18 Å². The molecule has 0 aromatic heterocycles. The summed E-state index contributed by atoms with van der Waals surface area (Å²) in [5, 5.41) is 8.45. The van der Waals surface area contributed by atoms with Crippen molar-refractivity contribution in [3.8, 4) is 0 Å². The first-order chi connectivity index (χ1) is 5.11. The van der Waals surface area contributed by atoms with Crippen molar-refractivity contribution in [2.24, 2.45) is 0 Å². The van der Waals surface area contributed by atoms with Crippen LogP contribution in [0.4, 0.5) is 4.79 Å². The van der Waals surface area contributed by atoms with Gasteiger partial charge >= 0.3 is 6.09 Å². The summed E-state index contributed by atoms with van der Waals surface area (Å²) in [5.74, 6) is 0. The summed E-state index contributed by atoms with van der Waals surface area (Å²) < 4.78 is 16.4. The van der Waals surface area contributed by atoms with Gasteiger partial charge in [-0.05, 0) is 13.3 Å². The van der Waals surface area contributed by atoms with Crippen LogP contribution in [0.3, 0.4) is 0 Å². The van der Waals surface area contributed by atoms with Crippen LogP contribution in [0.1, 0.15) is 13.3 Å². The molecule has 1 heterocycles.